The second-order valence-electron chi connectivity index (χ2n) is 3.76. The van der Waals surface area contributed by atoms with Crippen molar-refractivity contribution in [3.63, 3.8) is 0 Å². The Bertz CT molecular complexity index is 533. The number of hydrogen-bond acceptors (Lipinski definition) is 3. The first-order valence-electron chi connectivity index (χ1n) is 5.32. The van der Waals surface area contributed by atoms with Gasteiger partial charge in [-0.1, -0.05) is 5.92 Å². The van der Waals surface area contributed by atoms with E-state index in [0.717, 1.165) is 11.3 Å². The quantitative estimate of drug-likeness (QED) is 0.692. The summed E-state index contributed by atoms with van der Waals surface area (Å²) in [5, 5.41) is 0. The van der Waals surface area contributed by atoms with Gasteiger partial charge in [-0.15, -0.1) is 0 Å². The highest BCUT2D eigenvalue weighted by molar-refractivity contribution is 5.50. The van der Waals surface area contributed by atoms with Gasteiger partial charge in [0.2, 0.25) is 5.82 Å². The summed E-state index contributed by atoms with van der Waals surface area (Å²) in [6.07, 6.45) is 3.37. The Hall–Kier alpha value is -2.34. The van der Waals surface area contributed by atoms with E-state index in [1.807, 2.05) is 38.4 Å². The van der Waals surface area contributed by atoms with Crippen LogP contribution in [0.2, 0.25) is 0 Å². The maximum Gasteiger partial charge on any atom is 0.205 e. The highest BCUT2D eigenvalue weighted by Gasteiger charge is 1.93. The van der Waals surface area contributed by atoms with Crippen LogP contribution in [0.3, 0.4) is 0 Å². The summed E-state index contributed by atoms with van der Waals surface area (Å²) in [7, 11) is 4.02. The van der Waals surface area contributed by atoms with Gasteiger partial charge in [-0.05, 0) is 36.3 Å². The van der Waals surface area contributed by atoms with Crippen molar-refractivity contribution in [1.29, 1.82) is 0 Å². The Morgan fingerprint density at radius 2 is 1.59 bits per heavy atom. The van der Waals surface area contributed by atoms with Gasteiger partial charge in [0.1, 0.15) is 0 Å². The fourth-order valence-electron chi connectivity index (χ4n) is 1.33. The molecule has 0 aliphatic rings. The molecular weight excluding hydrogens is 210 g/mol. The lowest BCUT2D eigenvalue weighted by Gasteiger charge is -2.11. The lowest BCUT2D eigenvalue weighted by Crippen LogP contribution is -2.07. The Labute approximate surface area is 101 Å². The van der Waals surface area contributed by atoms with Crippen LogP contribution in [-0.2, 0) is 0 Å². The summed E-state index contributed by atoms with van der Waals surface area (Å²) < 4.78 is 0. The van der Waals surface area contributed by atoms with Crippen LogP contribution >= 0.6 is 0 Å². The van der Waals surface area contributed by atoms with Crippen molar-refractivity contribution in [3.05, 3.63) is 54.1 Å². The lowest BCUT2D eigenvalue weighted by molar-refractivity contribution is 1.13. The monoisotopic (exact) mass is 223 g/mol. The molecule has 0 amide bonds. The molecule has 17 heavy (non-hydrogen) atoms. The molecule has 84 valence electrons. The van der Waals surface area contributed by atoms with Crippen LogP contribution < -0.4 is 4.90 Å². The molecule has 0 saturated heterocycles. The standard InChI is InChI=1S/C14H13N3/c1-17(2)13-7-4-12(5-8-13)6-9-14-15-10-3-11-16-14/h3-5,7-8,10-11H,1-2H3. The molecule has 1 heterocycles. The van der Waals surface area contributed by atoms with Crippen LogP contribution in [0.15, 0.2) is 42.7 Å². The van der Waals surface area contributed by atoms with Gasteiger partial charge >= 0.3 is 0 Å². The van der Waals surface area contributed by atoms with Gasteiger partial charge in [0, 0.05) is 37.7 Å². The second kappa shape index (κ2) is 5.13. The van der Waals surface area contributed by atoms with Crippen molar-refractivity contribution in [3.8, 4) is 11.8 Å². The zero-order chi connectivity index (χ0) is 12.1. The van der Waals surface area contributed by atoms with Gasteiger partial charge in [0.15, 0.2) is 0 Å². The van der Waals surface area contributed by atoms with Crippen molar-refractivity contribution >= 4 is 5.69 Å². The highest BCUT2D eigenvalue weighted by atomic mass is 15.1. The zero-order valence-corrected chi connectivity index (χ0v) is 9.88. The third-order valence-electron chi connectivity index (χ3n) is 2.27. The van der Waals surface area contributed by atoms with Gasteiger partial charge in [-0.2, -0.15) is 0 Å². The maximum atomic E-state index is 4.05. The molecule has 0 aliphatic heterocycles. The molecule has 0 saturated carbocycles. The average molecular weight is 223 g/mol. The zero-order valence-electron chi connectivity index (χ0n) is 9.88. The molecule has 0 radical (unpaired) electrons. The van der Waals surface area contributed by atoms with Gasteiger partial charge in [-0.25, -0.2) is 9.97 Å². The fraction of sp³-hybridized carbons (Fsp3) is 0.143. The minimum Gasteiger partial charge on any atom is -0.378 e. The van der Waals surface area contributed by atoms with Crippen molar-refractivity contribution in [2.24, 2.45) is 0 Å². The topological polar surface area (TPSA) is 29.0 Å². The number of rotatable bonds is 1. The van der Waals surface area contributed by atoms with E-state index in [-0.39, 0.29) is 0 Å². The van der Waals surface area contributed by atoms with Crippen molar-refractivity contribution in [1.82, 2.24) is 9.97 Å². The molecule has 0 atom stereocenters. The fourth-order valence-corrected chi connectivity index (χ4v) is 1.33. The van der Waals surface area contributed by atoms with E-state index in [9.17, 15) is 0 Å². The van der Waals surface area contributed by atoms with Crippen molar-refractivity contribution < 1.29 is 0 Å². The van der Waals surface area contributed by atoms with Crippen LogP contribution in [0.25, 0.3) is 0 Å². The maximum absolute atomic E-state index is 4.05. The van der Waals surface area contributed by atoms with E-state index < -0.39 is 0 Å². The van der Waals surface area contributed by atoms with Crippen LogP contribution in [0, 0.1) is 11.8 Å². The molecule has 0 unspecified atom stereocenters. The summed E-state index contributed by atoms with van der Waals surface area (Å²) >= 11 is 0. The van der Waals surface area contributed by atoms with Crippen LogP contribution in [-0.4, -0.2) is 24.1 Å². The van der Waals surface area contributed by atoms with Crippen molar-refractivity contribution in [2.45, 2.75) is 0 Å². The first kappa shape index (κ1) is 11.2. The normalized spacial score (nSPS) is 9.29. The van der Waals surface area contributed by atoms with Gasteiger partial charge in [0.05, 0.1) is 0 Å². The van der Waals surface area contributed by atoms with E-state index in [1.54, 1.807) is 18.5 Å². The van der Waals surface area contributed by atoms with Crippen LogP contribution in [0.4, 0.5) is 5.69 Å². The largest absolute Gasteiger partial charge is 0.378 e. The number of nitrogens with zero attached hydrogens (tertiary/aromatic N) is 3. The molecule has 1 aromatic heterocycles. The van der Waals surface area contributed by atoms with E-state index in [2.05, 4.69) is 26.7 Å². The van der Waals surface area contributed by atoms with Crippen LogP contribution in [0.5, 0.6) is 0 Å². The predicted octanol–water partition coefficient (Wildman–Crippen LogP) is 1.94. The summed E-state index contributed by atoms with van der Waals surface area (Å²) in [6, 6.07) is 9.83. The molecule has 0 bridgehead atoms. The molecule has 0 aliphatic carbocycles. The lowest BCUT2D eigenvalue weighted by atomic mass is 10.2. The van der Waals surface area contributed by atoms with Gasteiger partial charge < -0.3 is 4.90 Å². The first-order valence-corrected chi connectivity index (χ1v) is 5.32. The molecule has 0 spiro atoms. The molecule has 1 aromatic carbocycles. The molecule has 3 nitrogen and oxygen atoms in total. The molecule has 2 rings (SSSR count). The van der Waals surface area contributed by atoms with E-state index in [0.29, 0.717) is 5.82 Å². The van der Waals surface area contributed by atoms with E-state index in [1.165, 1.54) is 0 Å². The minimum absolute atomic E-state index is 0.546. The number of benzene rings is 1. The smallest absolute Gasteiger partial charge is 0.205 e. The summed E-state index contributed by atoms with van der Waals surface area (Å²) in [5.74, 6) is 6.50. The number of hydrogen-bond donors (Lipinski definition) is 0. The van der Waals surface area contributed by atoms with Crippen molar-refractivity contribution in [2.75, 3.05) is 19.0 Å². The average Bonchev–Trinajstić information content (AvgIpc) is 2.38. The summed E-state index contributed by atoms with van der Waals surface area (Å²) in [4.78, 5) is 10.1. The van der Waals surface area contributed by atoms with Gasteiger partial charge in [0.25, 0.3) is 0 Å². The summed E-state index contributed by atoms with van der Waals surface area (Å²) in [5.41, 5.74) is 2.12. The predicted molar refractivity (Wildman–Crippen MR) is 68.8 cm³/mol. The molecular formula is C14H13N3. The third kappa shape index (κ3) is 3.05. The number of aromatic nitrogens is 2. The molecule has 3 heteroatoms. The molecule has 0 N–H and O–H groups in total. The number of anilines is 1. The summed E-state index contributed by atoms with van der Waals surface area (Å²) in [6.45, 7) is 0. The first-order chi connectivity index (χ1) is 8.25. The molecule has 2 aromatic rings. The highest BCUT2D eigenvalue weighted by Crippen LogP contribution is 2.11. The van der Waals surface area contributed by atoms with E-state index in [4.69, 9.17) is 0 Å². The second-order valence-corrected chi connectivity index (χ2v) is 3.76. The Morgan fingerprint density at radius 3 is 2.18 bits per heavy atom. The Morgan fingerprint density at radius 1 is 0.941 bits per heavy atom. The Kier molecular flexibility index (Phi) is 3.37. The SMILES string of the molecule is CN(C)c1ccc(C#Cc2ncccn2)cc1. The van der Waals surface area contributed by atoms with E-state index >= 15 is 0 Å². The molecule has 0 fully saturated rings. The van der Waals surface area contributed by atoms with Crippen LogP contribution in [0.1, 0.15) is 11.4 Å². The Balaban J connectivity index is 2.17. The minimum atomic E-state index is 0.546. The van der Waals surface area contributed by atoms with Gasteiger partial charge in [-0.3, -0.25) is 0 Å². The third-order valence-corrected chi connectivity index (χ3v) is 2.27.